The molecule has 0 aliphatic rings. The number of nitrogens with zero attached hydrogens (tertiary/aromatic N) is 2. The van der Waals surface area contributed by atoms with Crippen molar-refractivity contribution in [2.75, 3.05) is 19.0 Å². The normalized spacial score (nSPS) is 10.9. The maximum atomic E-state index is 11.6. The zero-order valence-electron chi connectivity index (χ0n) is 11.5. The molecule has 1 rings (SSSR count). The van der Waals surface area contributed by atoms with E-state index in [4.69, 9.17) is 4.74 Å². The smallest absolute Gasteiger partial charge is 0.336 e. The molecule has 2 amide bonds. The molecule has 0 fully saturated rings. The molecule has 8 nitrogen and oxygen atoms in total. The average molecular weight is 269 g/mol. The molecule has 0 aromatic carbocycles. The number of anilines is 1. The Hall–Kier alpha value is -2.12. The lowest BCUT2D eigenvalue weighted by Crippen LogP contribution is -2.36. The van der Waals surface area contributed by atoms with Crippen LogP contribution in [0.15, 0.2) is 0 Å². The highest BCUT2D eigenvalue weighted by Gasteiger charge is 2.20. The summed E-state index contributed by atoms with van der Waals surface area (Å²) < 4.78 is 4.76. The molecule has 1 aromatic rings. The summed E-state index contributed by atoms with van der Waals surface area (Å²) in [5.74, 6) is -0.154. The van der Waals surface area contributed by atoms with Gasteiger partial charge >= 0.3 is 6.01 Å². The number of aromatic nitrogens is 3. The number of hydrogen-bond acceptors (Lipinski definition) is 5. The highest BCUT2D eigenvalue weighted by molar-refractivity contribution is 5.89. The third kappa shape index (κ3) is 4.94. The van der Waals surface area contributed by atoms with Crippen molar-refractivity contribution in [2.24, 2.45) is 5.41 Å². The van der Waals surface area contributed by atoms with Gasteiger partial charge in [0.25, 0.3) is 0 Å². The first-order chi connectivity index (χ1) is 8.82. The van der Waals surface area contributed by atoms with E-state index in [1.54, 1.807) is 0 Å². The van der Waals surface area contributed by atoms with Gasteiger partial charge in [0.2, 0.25) is 17.8 Å². The van der Waals surface area contributed by atoms with E-state index in [0.29, 0.717) is 0 Å². The van der Waals surface area contributed by atoms with Crippen LogP contribution in [-0.4, -0.2) is 40.7 Å². The lowest BCUT2D eigenvalue weighted by Gasteiger charge is -2.17. The van der Waals surface area contributed by atoms with Crippen LogP contribution < -0.4 is 15.4 Å². The van der Waals surface area contributed by atoms with Gasteiger partial charge < -0.3 is 10.1 Å². The number of rotatable bonds is 5. The van der Waals surface area contributed by atoms with Crippen molar-refractivity contribution >= 4 is 17.8 Å². The minimum Gasteiger partial charge on any atom is -0.466 e. The van der Waals surface area contributed by atoms with E-state index in [9.17, 15) is 9.59 Å². The summed E-state index contributed by atoms with van der Waals surface area (Å²) >= 11 is 0. The van der Waals surface area contributed by atoms with Crippen LogP contribution in [0.25, 0.3) is 0 Å². The van der Waals surface area contributed by atoms with Crippen LogP contribution >= 0.6 is 0 Å². The number of methoxy groups -OCH3 is 1. The summed E-state index contributed by atoms with van der Waals surface area (Å²) in [5.41, 5.74) is -0.464. The summed E-state index contributed by atoms with van der Waals surface area (Å²) in [7, 11) is 1.43. The molecule has 0 aliphatic carbocycles. The summed E-state index contributed by atoms with van der Waals surface area (Å²) in [4.78, 5) is 27.0. The molecule has 0 spiro atoms. The first-order valence-electron chi connectivity index (χ1n) is 5.87. The Balaban J connectivity index is 2.30. The fraction of sp³-hybridized carbons (Fsp3) is 0.636. The number of amides is 2. The molecule has 0 saturated heterocycles. The number of H-pyrrole nitrogens is 1. The van der Waals surface area contributed by atoms with Crippen LogP contribution in [0.2, 0.25) is 0 Å². The average Bonchev–Trinajstić information content (AvgIpc) is 2.75. The van der Waals surface area contributed by atoms with Gasteiger partial charge in [0.1, 0.15) is 0 Å². The molecule has 1 heterocycles. The largest absolute Gasteiger partial charge is 0.466 e. The molecule has 0 saturated carbocycles. The molecule has 106 valence electrons. The Morgan fingerprint density at radius 3 is 2.58 bits per heavy atom. The van der Waals surface area contributed by atoms with E-state index >= 15 is 0 Å². The standard InChI is InChI=1S/C11H19N5O3/c1-11(2,3)8(18)12-6-5-7(17)13-9-14-10(19-4)16-15-9/h5-6H2,1-4H3,(H,12,18)(H2,13,14,15,16,17). The first-order valence-corrected chi connectivity index (χ1v) is 5.87. The molecule has 8 heteroatoms. The Kier molecular flexibility index (Phi) is 4.85. The van der Waals surface area contributed by atoms with Gasteiger partial charge in [0, 0.05) is 18.4 Å². The van der Waals surface area contributed by atoms with Gasteiger partial charge in [-0.1, -0.05) is 20.8 Å². The molecular formula is C11H19N5O3. The van der Waals surface area contributed by atoms with Gasteiger partial charge in [-0.2, -0.15) is 4.98 Å². The number of aromatic amines is 1. The number of hydrogen-bond donors (Lipinski definition) is 3. The zero-order chi connectivity index (χ0) is 14.5. The Bertz CT molecular complexity index is 449. The van der Waals surface area contributed by atoms with E-state index in [1.165, 1.54) is 7.11 Å². The molecule has 1 aromatic heterocycles. The van der Waals surface area contributed by atoms with E-state index in [2.05, 4.69) is 25.8 Å². The van der Waals surface area contributed by atoms with Crippen LogP contribution in [0, 0.1) is 5.41 Å². The SMILES string of the molecule is COc1n[nH]c(NC(=O)CCNC(=O)C(C)(C)C)n1. The Morgan fingerprint density at radius 1 is 1.37 bits per heavy atom. The molecule has 3 N–H and O–H groups in total. The molecular weight excluding hydrogens is 250 g/mol. The van der Waals surface area contributed by atoms with Crippen molar-refractivity contribution in [1.82, 2.24) is 20.5 Å². The van der Waals surface area contributed by atoms with Crippen LogP contribution in [-0.2, 0) is 9.59 Å². The van der Waals surface area contributed by atoms with E-state index in [1.807, 2.05) is 20.8 Å². The monoisotopic (exact) mass is 269 g/mol. The van der Waals surface area contributed by atoms with E-state index in [-0.39, 0.29) is 36.7 Å². The number of ether oxygens (including phenoxy) is 1. The second-order valence-corrected chi connectivity index (χ2v) is 4.97. The predicted octanol–water partition coefficient (Wildman–Crippen LogP) is 0.304. The minimum absolute atomic E-state index is 0.0957. The van der Waals surface area contributed by atoms with Crippen LogP contribution in [0.1, 0.15) is 27.2 Å². The molecule has 0 radical (unpaired) electrons. The second kappa shape index (κ2) is 6.17. The molecule has 19 heavy (non-hydrogen) atoms. The zero-order valence-corrected chi connectivity index (χ0v) is 11.5. The number of nitrogens with one attached hydrogen (secondary N) is 3. The van der Waals surface area contributed by atoms with Gasteiger partial charge in [-0.25, -0.2) is 5.10 Å². The lowest BCUT2D eigenvalue weighted by molar-refractivity contribution is -0.128. The summed E-state index contributed by atoms with van der Waals surface area (Å²) in [6.45, 7) is 5.70. The summed E-state index contributed by atoms with van der Waals surface area (Å²) in [6.07, 6.45) is 0.158. The van der Waals surface area contributed by atoms with Crippen molar-refractivity contribution in [3.63, 3.8) is 0 Å². The van der Waals surface area contributed by atoms with Gasteiger partial charge in [0.05, 0.1) is 7.11 Å². The van der Waals surface area contributed by atoms with Crippen molar-refractivity contribution in [3.8, 4) is 6.01 Å². The Labute approximate surface area is 111 Å². The van der Waals surface area contributed by atoms with Crippen molar-refractivity contribution in [1.29, 1.82) is 0 Å². The second-order valence-electron chi connectivity index (χ2n) is 4.97. The van der Waals surface area contributed by atoms with E-state index in [0.717, 1.165) is 0 Å². The quantitative estimate of drug-likeness (QED) is 0.712. The lowest BCUT2D eigenvalue weighted by atomic mass is 9.96. The minimum atomic E-state index is -0.464. The van der Waals surface area contributed by atoms with Crippen LogP contribution in [0.4, 0.5) is 5.95 Å². The molecule has 0 bridgehead atoms. The summed E-state index contributed by atoms with van der Waals surface area (Å²) in [5, 5.41) is 11.4. The van der Waals surface area contributed by atoms with Crippen molar-refractivity contribution in [3.05, 3.63) is 0 Å². The van der Waals surface area contributed by atoms with Gasteiger partial charge in [-0.3, -0.25) is 14.9 Å². The van der Waals surface area contributed by atoms with Crippen molar-refractivity contribution in [2.45, 2.75) is 27.2 Å². The van der Waals surface area contributed by atoms with Crippen molar-refractivity contribution < 1.29 is 14.3 Å². The number of carbonyl (C=O) groups excluding carboxylic acids is 2. The highest BCUT2D eigenvalue weighted by Crippen LogP contribution is 2.12. The number of carbonyl (C=O) groups is 2. The predicted molar refractivity (Wildman–Crippen MR) is 68.6 cm³/mol. The molecule has 0 atom stereocenters. The van der Waals surface area contributed by atoms with Gasteiger partial charge in [0.15, 0.2) is 0 Å². The van der Waals surface area contributed by atoms with Gasteiger partial charge in [-0.05, 0) is 0 Å². The fourth-order valence-corrected chi connectivity index (χ4v) is 1.14. The maximum absolute atomic E-state index is 11.6. The van der Waals surface area contributed by atoms with Crippen LogP contribution in [0.3, 0.4) is 0 Å². The fourth-order valence-electron chi connectivity index (χ4n) is 1.14. The Morgan fingerprint density at radius 2 is 2.05 bits per heavy atom. The van der Waals surface area contributed by atoms with E-state index < -0.39 is 5.41 Å². The maximum Gasteiger partial charge on any atom is 0.336 e. The first kappa shape index (κ1) is 14.9. The molecule has 0 unspecified atom stereocenters. The van der Waals surface area contributed by atoms with Crippen LogP contribution in [0.5, 0.6) is 6.01 Å². The highest BCUT2D eigenvalue weighted by atomic mass is 16.5. The third-order valence-corrected chi connectivity index (χ3v) is 2.22. The molecule has 0 aliphatic heterocycles. The van der Waals surface area contributed by atoms with Gasteiger partial charge in [-0.15, -0.1) is 5.10 Å². The topological polar surface area (TPSA) is 109 Å². The third-order valence-electron chi connectivity index (χ3n) is 2.22. The summed E-state index contributed by atoms with van der Waals surface area (Å²) in [6, 6.07) is 0.149.